The molecule has 4 N–H and O–H groups in total. The van der Waals surface area contributed by atoms with Gasteiger partial charge in [0, 0.05) is 66.5 Å². The van der Waals surface area contributed by atoms with Crippen molar-refractivity contribution in [2.75, 3.05) is 66.8 Å². The molecule has 0 spiro atoms. The van der Waals surface area contributed by atoms with Gasteiger partial charge in [-0.05, 0) is 45.4 Å². The van der Waals surface area contributed by atoms with E-state index in [2.05, 4.69) is 21.3 Å². The lowest BCUT2D eigenvalue weighted by molar-refractivity contribution is -0.142. The summed E-state index contributed by atoms with van der Waals surface area (Å²) in [7, 11) is 3.28. The summed E-state index contributed by atoms with van der Waals surface area (Å²) in [4.78, 5) is 47.0. The standard InChI is InChI=1S/C26H50N4O8/c1-22(37-20-12-25(33)29-16-8-14-27-23(31)10-4-6-18-35-2)38-21-13-26(34)30-17-9-15-28-24(32)11-5-7-19-36-3/h22H,4-21H2,1-3H3,(H,27,31)(H,28,32)(H,29,33)(H,30,34). The molecule has 0 saturated carbocycles. The molecule has 0 aromatic carbocycles. The molecule has 0 atom stereocenters. The van der Waals surface area contributed by atoms with Gasteiger partial charge in [-0.3, -0.25) is 19.2 Å². The maximum Gasteiger partial charge on any atom is 0.222 e. The van der Waals surface area contributed by atoms with Gasteiger partial charge in [-0.15, -0.1) is 0 Å². The summed E-state index contributed by atoms with van der Waals surface area (Å²) < 4.78 is 20.8. The van der Waals surface area contributed by atoms with E-state index in [0.717, 1.165) is 25.7 Å². The number of rotatable bonds is 26. The lowest BCUT2D eigenvalue weighted by Gasteiger charge is -2.14. The van der Waals surface area contributed by atoms with Gasteiger partial charge in [0.15, 0.2) is 6.29 Å². The Labute approximate surface area is 227 Å². The third-order valence-electron chi connectivity index (χ3n) is 5.36. The Hall–Kier alpha value is -2.28. The normalized spacial score (nSPS) is 10.8. The van der Waals surface area contributed by atoms with Gasteiger partial charge in [0.2, 0.25) is 23.6 Å². The summed E-state index contributed by atoms with van der Waals surface area (Å²) in [6.45, 7) is 5.43. The molecule has 0 saturated heterocycles. The molecule has 0 aliphatic heterocycles. The smallest absolute Gasteiger partial charge is 0.222 e. The van der Waals surface area contributed by atoms with Crippen molar-refractivity contribution < 1.29 is 38.1 Å². The minimum Gasteiger partial charge on any atom is -0.385 e. The van der Waals surface area contributed by atoms with Crippen LogP contribution < -0.4 is 21.3 Å². The van der Waals surface area contributed by atoms with Gasteiger partial charge in [-0.2, -0.15) is 0 Å². The Morgan fingerprint density at radius 2 is 0.842 bits per heavy atom. The summed E-state index contributed by atoms with van der Waals surface area (Å²) in [5, 5.41) is 11.2. The highest BCUT2D eigenvalue weighted by Crippen LogP contribution is 1.98. The molecule has 222 valence electrons. The van der Waals surface area contributed by atoms with E-state index in [1.165, 1.54) is 0 Å². The van der Waals surface area contributed by atoms with E-state index >= 15 is 0 Å². The predicted molar refractivity (Wildman–Crippen MR) is 143 cm³/mol. The van der Waals surface area contributed by atoms with Crippen molar-refractivity contribution in [3.8, 4) is 0 Å². The van der Waals surface area contributed by atoms with Gasteiger partial charge >= 0.3 is 0 Å². The van der Waals surface area contributed by atoms with E-state index in [-0.39, 0.29) is 49.7 Å². The molecule has 0 bridgehead atoms. The van der Waals surface area contributed by atoms with Crippen LogP contribution in [0.2, 0.25) is 0 Å². The zero-order valence-corrected chi connectivity index (χ0v) is 23.6. The number of carbonyl (C=O) groups is 4. The van der Waals surface area contributed by atoms with E-state index in [1.54, 1.807) is 21.1 Å². The van der Waals surface area contributed by atoms with Crippen LogP contribution in [0.25, 0.3) is 0 Å². The maximum absolute atomic E-state index is 11.9. The van der Waals surface area contributed by atoms with E-state index in [0.29, 0.717) is 65.1 Å². The molecular formula is C26H50N4O8. The van der Waals surface area contributed by atoms with Gasteiger partial charge in [-0.1, -0.05) is 0 Å². The molecule has 38 heavy (non-hydrogen) atoms. The Morgan fingerprint density at radius 1 is 0.500 bits per heavy atom. The first-order valence-electron chi connectivity index (χ1n) is 13.7. The highest BCUT2D eigenvalue weighted by molar-refractivity contribution is 5.77. The average molecular weight is 547 g/mol. The Bertz CT molecular complexity index is 584. The van der Waals surface area contributed by atoms with E-state index in [9.17, 15) is 19.2 Å². The Kier molecular flexibility index (Phi) is 24.8. The second kappa shape index (κ2) is 26.3. The van der Waals surface area contributed by atoms with Crippen LogP contribution in [0.5, 0.6) is 0 Å². The molecule has 4 amide bonds. The third-order valence-corrected chi connectivity index (χ3v) is 5.36. The van der Waals surface area contributed by atoms with E-state index in [4.69, 9.17) is 18.9 Å². The van der Waals surface area contributed by atoms with Gasteiger partial charge in [-0.25, -0.2) is 0 Å². The number of nitrogens with one attached hydrogen (secondary N) is 4. The SMILES string of the molecule is COCCCCC(=O)NCCCNC(=O)CCOC(C)OCCC(=O)NCCCNC(=O)CCCCOC. The second-order valence-corrected chi connectivity index (χ2v) is 8.82. The number of methoxy groups -OCH3 is 2. The van der Waals surface area contributed by atoms with E-state index < -0.39 is 6.29 Å². The molecule has 12 nitrogen and oxygen atoms in total. The van der Waals surface area contributed by atoms with Crippen molar-refractivity contribution in [3.63, 3.8) is 0 Å². The summed E-state index contributed by atoms with van der Waals surface area (Å²) >= 11 is 0. The number of amides is 4. The first-order chi connectivity index (χ1) is 18.4. The topological polar surface area (TPSA) is 153 Å². The van der Waals surface area contributed by atoms with Gasteiger partial charge in [0.25, 0.3) is 0 Å². The molecule has 0 fully saturated rings. The molecular weight excluding hydrogens is 496 g/mol. The fraction of sp³-hybridized carbons (Fsp3) is 0.846. The molecule has 0 radical (unpaired) electrons. The molecule has 0 unspecified atom stereocenters. The predicted octanol–water partition coefficient (Wildman–Crippen LogP) is 1.02. The van der Waals surface area contributed by atoms with Gasteiger partial charge in [0.05, 0.1) is 26.1 Å². The summed E-state index contributed by atoms with van der Waals surface area (Å²) in [6, 6.07) is 0. The minimum absolute atomic E-state index is 0.0119. The summed E-state index contributed by atoms with van der Waals surface area (Å²) in [5.41, 5.74) is 0. The molecule has 0 aromatic rings. The molecule has 0 rings (SSSR count). The molecule has 0 aromatic heterocycles. The number of unbranched alkanes of at least 4 members (excludes halogenated alkanes) is 2. The number of carbonyl (C=O) groups excluding carboxylic acids is 4. The van der Waals surface area contributed by atoms with Crippen molar-refractivity contribution in [2.24, 2.45) is 0 Å². The largest absolute Gasteiger partial charge is 0.385 e. The fourth-order valence-electron chi connectivity index (χ4n) is 3.19. The van der Waals surface area contributed by atoms with Crippen LogP contribution in [-0.4, -0.2) is 96.7 Å². The molecule has 0 aliphatic rings. The van der Waals surface area contributed by atoms with Crippen molar-refractivity contribution in [3.05, 3.63) is 0 Å². The summed E-state index contributed by atoms with van der Waals surface area (Å²) in [5.74, 6) is -0.245. The van der Waals surface area contributed by atoms with Crippen LogP contribution >= 0.6 is 0 Å². The lowest BCUT2D eigenvalue weighted by atomic mass is 10.2. The minimum atomic E-state index is -0.534. The highest BCUT2D eigenvalue weighted by Gasteiger charge is 2.08. The van der Waals surface area contributed by atoms with E-state index in [1.807, 2.05) is 0 Å². The van der Waals surface area contributed by atoms with Crippen molar-refractivity contribution >= 4 is 23.6 Å². The highest BCUT2D eigenvalue weighted by atomic mass is 16.7. The maximum atomic E-state index is 11.9. The zero-order chi connectivity index (χ0) is 28.3. The van der Waals surface area contributed by atoms with Crippen molar-refractivity contribution in [2.45, 2.75) is 77.4 Å². The Morgan fingerprint density at radius 3 is 1.18 bits per heavy atom. The monoisotopic (exact) mass is 546 g/mol. The van der Waals surface area contributed by atoms with Crippen molar-refractivity contribution in [1.82, 2.24) is 21.3 Å². The molecule has 12 heteroatoms. The number of hydrogen-bond donors (Lipinski definition) is 4. The second-order valence-electron chi connectivity index (χ2n) is 8.82. The molecule has 0 aliphatic carbocycles. The van der Waals surface area contributed by atoms with Crippen LogP contribution in [0.15, 0.2) is 0 Å². The summed E-state index contributed by atoms with van der Waals surface area (Å²) in [6.07, 6.45) is 5.45. The van der Waals surface area contributed by atoms with Crippen LogP contribution in [0.3, 0.4) is 0 Å². The van der Waals surface area contributed by atoms with Crippen LogP contribution in [-0.2, 0) is 38.1 Å². The van der Waals surface area contributed by atoms with Crippen LogP contribution in [0, 0.1) is 0 Å². The van der Waals surface area contributed by atoms with Crippen LogP contribution in [0.4, 0.5) is 0 Å². The average Bonchev–Trinajstić information content (AvgIpc) is 2.88. The van der Waals surface area contributed by atoms with Crippen molar-refractivity contribution in [1.29, 1.82) is 0 Å². The van der Waals surface area contributed by atoms with Crippen LogP contribution in [0.1, 0.15) is 71.1 Å². The van der Waals surface area contributed by atoms with Gasteiger partial charge in [0.1, 0.15) is 0 Å². The number of hydrogen-bond acceptors (Lipinski definition) is 8. The number of ether oxygens (including phenoxy) is 4. The zero-order valence-electron chi connectivity index (χ0n) is 23.6. The van der Waals surface area contributed by atoms with Gasteiger partial charge < -0.3 is 40.2 Å². The Balaban J connectivity index is 3.55. The third kappa shape index (κ3) is 25.4. The molecule has 0 heterocycles. The quantitative estimate of drug-likeness (QED) is 0.0927. The lowest BCUT2D eigenvalue weighted by Crippen LogP contribution is -2.31. The fourth-order valence-corrected chi connectivity index (χ4v) is 3.19. The first-order valence-corrected chi connectivity index (χ1v) is 13.7. The first kappa shape index (κ1) is 35.7.